The smallest absolute Gasteiger partial charge is 2.00 e. The van der Waals surface area contributed by atoms with Gasteiger partial charge in [-0.15, -0.1) is 0 Å². The van der Waals surface area contributed by atoms with Gasteiger partial charge in [0.05, 0.1) is 0 Å². The molecule has 0 spiro atoms. The zero-order chi connectivity index (χ0) is 0. The molecule has 0 amide bonds. The van der Waals surface area contributed by atoms with Crippen molar-refractivity contribution < 1.29 is 88.2 Å². The Hall–Kier alpha value is 6.06. The fraction of sp³-hybridized carbons (Fsp3) is 0. The van der Waals surface area contributed by atoms with Crippen molar-refractivity contribution in [3.63, 3.8) is 0 Å². The van der Waals surface area contributed by atoms with Gasteiger partial charge < -0.3 is 121 Å². The quantitative estimate of drug-likeness (QED) is 0.360. The molecule has 0 rings (SSSR count). The van der Waals surface area contributed by atoms with Crippen molar-refractivity contribution >= 4 is 121 Å². The van der Waals surface area contributed by atoms with Crippen molar-refractivity contribution in [3.8, 4) is 0 Å². The first-order valence-corrected chi connectivity index (χ1v) is 0. The maximum atomic E-state index is 0. The Morgan fingerprint density at radius 1 is 0.231 bits per heavy atom. The SMILES string of the molecule is [Nb+5].[Nb+5].[S-2].[S-2].[S-2].[S-2].[S-2].[S-2].[S-2].[S-2].[S-2].[Ti+4].[Ti+4]. The van der Waals surface area contributed by atoms with Gasteiger partial charge in [-0.05, 0) is 0 Å². The van der Waals surface area contributed by atoms with E-state index in [1.165, 1.54) is 0 Å². The van der Waals surface area contributed by atoms with Crippen LogP contribution in [-0.2, 0) is 210 Å². The van der Waals surface area contributed by atoms with E-state index in [2.05, 4.69) is 0 Å². The summed E-state index contributed by atoms with van der Waals surface area (Å²) in [6.07, 6.45) is 0. The summed E-state index contributed by atoms with van der Waals surface area (Å²) >= 11 is 0. The zero-order valence-corrected chi connectivity index (χ0v) is 20.4. The summed E-state index contributed by atoms with van der Waals surface area (Å²) in [6.45, 7) is 0. The predicted octanol–water partition coefficient (Wildman–Crippen LogP) is -0.0316. The molecule has 0 radical (unpaired) electrons. The molecule has 0 fully saturated rings. The van der Waals surface area contributed by atoms with E-state index in [9.17, 15) is 0 Å². The summed E-state index contributed by atoms with van der Waals surface area (Å²) in [5.74, 6) is 0. The fourth-order valence-electron chi connectivity index (χ4n) is 0. The van der Waals surface area contributed by atoms with Gasteiger partial charge in [-0.25, -0.2) is 0 Å². The van der Waals surface area contributed by atoms with Crippen molar-refractivity contribution in [2.24, 2.45) is 0 Å². The second-order valence-electron chi connectivity index (χ2n) is 0. The molecule has 0 atom stereocenters. The van der Waals surface area contributed by atoms with E-state index in [0.29, 0.717) is 0 Å². The Balaban J connectivity index is 0. The minimum absolute atomic E-state index is 0. The summed E-state index contributed by atoms with van der Waals surface area (Å²) < 4.78 is 0. The first kappa shape index (κ1) is 169. The molecular formula is Nb2S9Ti2. The summed E-state index contributed by atoms with van der Waals surface area (Å²) in [5.41, 5.74) is 0. The average Bonchev–Trinajstić information content (AvgIpc) is 0. The molecule has 0 aromatic carbocycles. The van der Waals surface area contributed by atoms with Gasteiger partial charge in [0.1, 0.15) is 0 Å². The Bertz CT molecular complexity index is 15.6. The summed E-state index contributed by atoms with van der Waals surface area (Å²) in [4.78, 5) is 0. The first-order chi connectivity index (χ1) is 0. The molecule has 0 saturated carbocycles. The Labute approximate surface area is 205 Å². The van der Waals surface area contributed by atoms with Crippen LogP contribution < -0.4 is 0 Å². The minimum atomic E-state index is 0. The summed E-state index contributed by atoms with van der Waals surface area (Å²) in [7, 11) is 0. The monoisotopic (exact) mass is 569 g/mol. The van der Waals surface area contributed by atoms with Crippen LogP contribution in [0.25, 0.3) is 0 Å². The van der Waals surface area contributed by atoms with Crippen molar-refractivity contribution in [2.75, 3.05) is 0 Å². The van der Waals surface area contributed by atoms with Gasteiger partial charge in [-0.2, -0.15) is 0 Å². The maximum Gasteiger partial charge on any atom is 5.00 e. The predicted molar refractivity (Wildman–Crippen MR) is 66.3 cm³/mol. The van der Waals surface area contributed by atoms with Crippen LogP contribution in [0, 0.1) is 0 Å². The third-order valence-electron chi connectivity index (χ3n) is 0. The molecule has 0 unspecified atom stereocenters. The van der Waals surface area contributed by atoms with Crippen LogP contribution in [0.2, 0.25) is 0 Å². The molecule has 0 saturated heterocycles. The van der Waals surface area contributed by atoms with Crippen LogP contribution in [-0.4, -0.2) is 0 Å². The van der Waals surface area contributed by atoms with E-state index < -0.39 is 0 Å². The second kappa shape index (κ2) is 143. The molecule has 13 heavy (non-hydrogen) atoms. The molecule has 72 valence electrons. The van der Waals surface area contributed by atoms with Crippen LogP contribution in [0.5, 0.6) is 0 Å². The third kappa shape index (κ3) is 127. The molecule has 0 bridgehead atoms. The Morgan fingerprint density at radius 2 is 0.231 bits per heavy atom. The standard InChI is InChI=1S/2Nb.9S.2Ti/q2*+5;9*-2;2*+4. The van der Waals surface area contributed by atoms with Gasteiger partial charge in [0.2, 0.25) is 0 Å². The van der Waals surface area contributed by atoms with Crippen LogP contribution in [0.3, 0.4) is 0 Å². The van der Waals surface area contributed by atoms with E-state index in [4.69, 9.17) is 0 Å². The summed E-state index contributed by atoms with van der Waals surface area (Å²) in [5, 5.41) is 0. The van der Waals surface area contributed by atoms with Crippen molar-refractivity contribution in [1.29, 1.82) is 0 Å². The average molecular weight is 570 g/mol. The molecule has 0 nitrogen and oxygen atoms in total. The molecule has 13 heteroatoms. The van der Waals surface area contributed by atoms with E-state index in [1.54, 1.807) is 0 Å². The topological polar surface area (TPSA) is 0 Å². The van der Waals surface area contributed by atoms with Crippen LogP contribution in [0.1, 0.15) is 0 Å². The van der Waals surface area contributed by atoms with Gasteiger partial charge in [0.15, 0.2) is 0 Å². The van der Waals surface area contributed by atoms with E-state index >= 15 is 0 Å². The number of hydrogen-bond donors (Lipinski definition) is 0. The normalized spacial score (nSPS) is 0. The van der Waals surface area contributed by atoms with Gasteiger partial charge in [-0.1, -0.05) is 0 Å². The van der Waals surface area contributed by atoms with Gasteiger partial charge in [0.25, 0.3) is 0 Å². The van der Waals surface area contributed by atoms with Crippen molar-refractivity contribution in [2.45, 2.75) is 0 Å². The molecule has 0 aliphatic carbocycles. The molecule has 0 aromatic heterocycles. The fourth-order valence-corrected chi connectivity index (χ4v) is 0. The zero-order valence-electron chi connectivity index (χ0n) is 5.57. The van der Waals surface area contributed by atoms with Crippen molar-refractivity contribution in [1.82, 2.24) is 0 Å². The molecule has 0 aromatic rings. The minimum Gasteiger partial charge on any atom is -2.00 e. The molecule has 0 N–H and O–H groups in total. The first-order valence-electron chi connectivity index (χ1n) is 0. The van der Waals surface area contributed by atoms with Crippen LogP contribution in [0.4, 0.5) is 0 Å². The summed E-state index contributed by atoms with van der Waals surface area (Å²) in [6, 6.07) is 0. The van der Waals surface area contributed by atoms with E-state index in [1.807, 2.05) is 0 Å². The number of rotatable bonds is 0. The van der Waals surface area contributed by atoms with Crippen LogP contribution >= 0.6 is 0 Å². The second-order valence-corrected chi connectivity index (χ2v) is 0. The molecule has 0 heterocycles. The number of hydrogen-bond acceptors (Lipinski definition) is 0. The maximum absolute atomic E-state index is 0. The van der Waals surface area contributed by atoms with Crippen LogP contribution in [0.15, 0.2) is 0 Å². The van der Waals surface area contributed by atoms with E-state index in [-0.39, 0.29) is 210 Å². The van der Waals surface area contributed by atoms with Gasteiger partial charge in [0, 0.05) is 0 Å². The Morgan fingerprint density at radius 3 is 0.231 bits per heavy atom. The van der Waals surface area contributed by atoms with E-state index in [0.717, 1.165) is 0 Å². The molecular weight excluding hydrogens is 570 g/mol. The van der Waals surface area contributed by atoms with Gasteiger partial charge in [-0.3, -0.25) is 0 Å². The Kier molecular flexibility index (Phi) is 1860. The molecule has 0 aliphatic rings. The molecule has 0 aliphatic heterocycles. The third-order valence-corrected chi connectivity index (χ3v) is 0. The van der Waals surface area contributed by atoms with Gasteiger partial charge >= 0.3 is 88.2 Å². The largest absolute Gasteiger partial charge is 5.00 e. The van der Waals surface area contributed by atoms with Crippen molar-refractivity contribution in [3.05, 3.63) is 0 Å².